The maximum Gasteiger partial charge on any atom is 0.0779 e. The number of unbranched alkanes of at least 4 members (excludes halogenated alkanes) is 4. The van der Waals surface area contributed by atoms with Gasteiger partial charge in [-0.1, -0.05) is 39.0 Å². The third kappa shape index (κ3) is 10.2. The highest BCUT2D eigenvalue weighted by atomic mass is 16.5. The van der Waals surface area contributed by atoms with E-state index in [2.05, 4.69) is 6.92 Å². The van der Waals surface area contributed by atoms with Crippen molar-refractivity contribution in [1.82, 2.24) is 0 Å². The minimum absolute atomic E-state index is 0.0171. The summed E-state index contributed by atoms with van der Waals surface area (Å²) in [5, 5.41) is 18.3. The molecule has 0 radical (unpaired) electrons. The zero-order valence-electron chi connectivity index (χ0n) is 10.1. The van der Waals surface area contributed by atoms with Crippen LogP contribution in [0.1, 0.15) is 52.4 Å². The normalized spacial score (nSPS) is 15.2. The lowest BCUT2D eigenvalue weighted by molar-refractivity contribution is -0.0259. The number of aliphatic hydroxyl groups excluding tert-OH is 2. The molecule has 3 nitrogen and oxygen atoms in total. The van der Waals surface area contributed by atoms with Crippen LogP contribution >= 0.6 is 0 Å². The summed E-state index contributed by atoms with van der Waals surface area (Å²) < 4.78 is 5.23. The Bertz CT molecular complexity index is 128. The molecule has 3 heteroatoms. The van der Waals surface area contributed by atoms with Crippen LogP contribution in [0.15, 0.2) is 0 Å². The van der Waals surface area contributed by atoms with Crippen molar-refractivity contribution < 1.29 is 14.9 Å². The summed E-state index contributed by atoms with van der Waals surface area (Å²) in [6.07, 6.45) is 6.33. The zero-order chi connectivity index (χ0) is 11.5. The van der Waals surface area contributed by atoms with E-state index in [0.717, 1.165) is 12.8 Å². The van der Waals surface area contributed by atoms with Gasteiger partial charge >= 0.3 is 0 Å². The fraction of sp³-hybridized carbons (Fsp3) is 1.00. The molecule has 0 bridgehead atoms. The van der Waals surface area contributed by atoms with E-state index in [1.54, 1.807) is 6.92 Å². The summed E-state index contributed by atoms with van der Waals surface area (Å²) in [7, 11) is 0. The van der Waals surface area contributed by atoms with Crippen LogP contribution in [0.2, 0.25) is 0 Å². The van der Waals surface area contributed by atoms with Gasteiger partial charge in [0, 0.05) is 0 Å². The third-order valence-electron chi connectivity index (χ3n) is 2.47. The van der Waals surface area contributed by atoms with Crippen LogP contribution in [0, 0.1) is 0 Å². The fourth-order valence-electron chi connectivity index (χ4n) is 1.39. The average molecular weight is 218 g/mol. The number of rotatable bonds is 10. The Morgan fingerprint density at radius 2 is 1.80 bits per heavy atom. The molecular formula is C12H26O3. The van der Waals surface area contributed by atoms with Crippen LogP contribution in [-0.4, -0.2) is 35.6 Å². The molecule has 15 heavy (non-hydrogen) atoms. The highest BCUT2D eigenvalue weighted by molar-refractivity contribution is 4.56. The summed E-state index contributed by atoms with van der Waals surface area (Å²) >= 11 is 0. The molecule has 0 aromatic carbocycles. The van der Waals surface area contributed by atoms with Gasteiger partial charge in [0.25, 0.3) is 0 Å². The van der Waals surface area contributed by atoms with E-state index in [4.69, 9.17) is 9.84 Å². The van der Waals surface area contributed by atoms with Gasteiger partial charge in [-0.15, -0.1) is 0 Å². The first-order valence-electron chi connectivity index (χ1n) is 6.11. The molecule has 0 saturated carbocycles. The molecule has 2 atom stereocenters. The van der Waals surface area contributed by atoms with Gasteiger partial charge in [0.15, 0.2) is 0 Å². The Morgan fingerprint density at radius 1 is 1.13 bits per heavy atom. The van der Waals surface area contributed by atoms with Crippen molar-refractivity contribution in [2.45, 2.75) is 64.6 Å². The van der Waals surface area contributed by atoms with E-state index in [0.29, 0.717) is 6.61 Å². The Hall–Kier alpha value is -0.120. The molecule has 92 valence electrons. The molecule has 2 N–H and O–H groups in total. The molecule has 0 fully saturated rings. The van der Waals surface area contributed by atoms with E-state index in [1.165, 1.54) is 25.7 Å². The van der Waals surface area contributed by atoms with E-state index in [-0.39, 0.29) is 18.8 Å². The van der Waals surface area contributed by atoms with Crippen LogP contribution in [0.25, 0.3) is 0 Å². The second-order valence-electron chi connectivity index (χ2n) is 4.18. The van der Waals surface area contributed by atoms with Gasteiger partial charge < -0.3 is 14.9 Å². The second kappa shape index (κ2) is 10.4. The summed E-state index contributed by atoms with van der Waals surface area (Å²) in [5.74, 6) is 0. The predicted octanol–water partition coefficient (Wildman–Crippen LogP) is 2.11. The Labute approximate surface area is 93.5 Å². The molecule has 0 amide bonds. The van der Waals surface area contributed by atoms with Crippen molar-refractivity contribution in [3.63, 3.8) is 0 Å². The lowest BCUT2D eigenvalue weighted by atomic mass is 10.1. The molecule has 0 saturated heterocycles. The summed E-state index contributed by atoms with van der Waals surface area (Å²) in [6.45, 7) is 4.35. The molecule has 0 aliphatic carbocycles. The first-order chi connectivity index (χ1) is 7.20. The first-order valence-corrected chi connectivity index (χ1v) is 6.11. The van der Waals surface area contributed by atoms with Gasteiger partial charge in [-0.2, -0.15) is 0 Å². The largest absolute Gasteiger partial charge is 0.394 e. The van der Waals surface area contributed by atoms with Gasteiger partial charge in [-0.05, 0) is 13.3 Å². The first kappa shape index (κ1) is 14.9. The van der Waals surface area contributed by atoms with E-state index in [9.17, 15) is 5.11 Å². The van der Waals surface area contributed by atoms with Gasteiger partial charge in [0.05, 0.1) is 25.4 Å². The number of ether oxygens (including phenoxy) is 1. The Balaban J connectivity index is 3.21. The lowest BCUT2D eigenvalue weighted by Crippen LogP contribution is -2.21. The summed E-state index contributed by atoms with van der Waals surface area (Å²) in [5.41, 5.74) is 0. The monoisotopic (exact) mass is 218 g/mol. The molecule has 0 heterocycles. The van der Waals surface area contributed by atoms with Gasteiger partial charge in [0.2, 0.25) is 0 Å². The van der Waals surface area contributed by atoms with Crippen LogP contribution < -0.4 is 0 Å². The van der Waals surface area contributed by atoms with Gasteiger partial charge in [0.1, 0.15) is 0 Å². The average Bonchev–Trinajstić information content (AvgIpc) is 2.25. The Kier molecular flexibility index (Phi) is 10.3. The standard InChI is InChI=1S/C12H26O3/c1-3-4-5-6-7-8-12(14)10-15-11(2)9-13/h11-14H,3-10H2,1-2H3. The van der Waals surface area contributed by atoms with E-state index < -0.39 is 0 Å². The highest BCUT2D eigenvalue weighted by Crippen LogP contribution is 2.07. The highest BCUT2D eigenvalue weighted by Gasteiger charge is 2.06. The van der Waals surface area contributed by atoms with Crippen LogP contribution in [0.4, 0.5) is 0 Å². The summed E-state index contributed by atoms with van der Waals surface area (Å²) in [6, 6.07) is 0. The third-order valence-corrected chi connectivity index (χ3v) is 2.47. The second-order valence-corrected chi connectivity index (χ2v) is 4.18. The topological polar surface area (TPSA) is 49.7 Å². The molecular weight excluding hydrogens is 192 g/mol. The fourth-order valence-corrected chi connectivity index (χ4v) is 1.39. The SMILES string of the molecule is CCCCCCCC(O)COC(C)CO. The molecule has 0 spiro atoms. The van der Waals surface area contributed by atoms with Crippen LogP contribution in [0.3, 0.4) is 0 Å². The lowest BCUT2D eigenvalue weighted by Gasteiger charge is -2.14. The zero-order valence-corrected chi connectivity index (χ0v) is 10.1. The quantitative estimate of drug-likeness (QED) is 0.552. The van der Waals surface area contributed by atoms with Crippen molar-refractivity contribution in [2.75, 3.05) is 13.2 Å². The maximum atomic E-state index is 9.54. The predicted molar refractivity (Wildman–Crippen MR) is 61.9 cm³/mol. The van der Waals surface area contributed by atoms with Gasteiger partial charge in [-0.3, -0.25) is 0 Å². The molecule has 0 aliphatic heterocycles. The van der Waals surface area contributed by atoms with Crippen molar-refractivity contribution in [3.8, 4) is 0 Å². The molecule has 0 aromatic heterocycles. The number of aliphatic hydroxyl groups is 2. The smallest absolute Gasteiger partial charge is 0.0779 e. The van der Waals surface area contributed by atoms with Crippen molar-refractivity contribution >= 4 is 0 Å². The number of hydrogen-bond donors (Lipinski definition) is 2. The molecule has 0 aromatic rings. The van der Waals surface area contributed by atoms with E-state index >= 15 is 0 Å². The van der Waals surface area contributed by atoms with Crippen molar-refractivity contribution in [3.05, 3.63) is 0 Å². The van der Waals surface area contributed by atoms with Crippen molar-refractivity contribution in [1.29, 1.82) is 0 Å². The minimum atomic E-state index is -0.374. The molecule has 2 unspecified atom stereocenters. The maximum absolute atomic E-state index is 9.54. The van der Waals surface area contributed by atoms with E-state index in [1.807, 2.05) is 0 Å². The Morgan fingerprint density at radius 3 is 2.40 bits per heavy atom. The van der Waals surface area contributed by atoms with Crippen molar-refractivity contribution in [2.24, 2.45) is 0 Å². The summed E-state index contributed by atoms with van der Waals surface area (Å²) in [4.78, 5) is 0. The van der Waals surface area contributed by atoms with Gasteiger partial charge in [-0.25, -0.2) is 0 Å². The molecule has 0 aliphatic rings. The van der Waals surface area contributed by atoms with Crippen LogP contribution in [0.5, 0.6) is 0 Å². The minimum Gasteiger partial charge on any atom is -0.394 e. The molecule has 0 rings (SSSR count). The van der Waals surface area contributed by atoms with Crippen LogP contribution in [-0.2, 0) is 4.74 Å². The number of hydrogen-bond acceptors (Lipinski definition) is 3.